The molecule has 0 spiro atoms. The average Bonchev–Trinajstić information content (AvgIpc) is 3.72. The first-order chi connectivity index (χ1) is 28.9. The number of methoxy groups -OCH3 is 1. The van der Waals surface area contributed by atoms with Gasteiger partial charge in [0, 0.05) is 56.9 Å². The van der Waals surface area contributed by atoms with Gasteiger partial charge in [-0.05, 0) is 61.3 Å². The Morgan fingerprint density at radius 2 is 1.24 bits per heavy atom. The molecule has 16 heteroatoms. The van der Waals surface area contributed by atoms with Crippen molar-refractivity contribution in [3.63, 3.8) is 0 Å². The number of amides is 2. The smallest absolute Gasteiger partial charge is 0.252 e. The van der Waals surface area contributed by atoms with Gasteiger partial charge < -0.3 is 34.3 Å². The number of aromatic nitrogens is 3. The quantitative estimate of drug-likeness (QED) is 0.0791. The highest BCUT2D eigenvalue weighted by atomic mass is 16.5. The zero-order valence-corrected chi connectivity index (χ0v) is 41.9. The summed E-state index contributed by atoms with van der Waals surface area (Å²) in [4.78, 5) is 76.6. The van der Waals surface area contributed by atoms with Gasteiger partial charge >= 0.3 is 0 Å². The second-order valence-electron chi connectivity index (χ2n) is 20.0. The molecule has 2 amide bonds. The lowest BCUT2D eigenvalue weighted by atomic mass is 9.62. The number of hydrogen-bond donors (Lipinski definition) is 2. The van der Waals surface area contributed by atoms with E-state index in [-0.39, 0.29) is 107 Å². The van der Waals surface area contributed by atoms with E-state index in [9.17, 15) is 28.8 Å². The maximum Gasteiger partial charge on any atom is 0.252 e. The molecule has 0 aliphatic carbocycles. The Kier molecular flexibility index (Phi) is 22.1. The first-order valence-electron chi connectivity index (χ1n) is 22.5. The molecule has 16 nitrogen and oxygen atoms in total. The van der Waals surface area contributed by atoms with Crippen molar-refractivity contribution in [1.82, 2.24) is 25.6 Å². The molecule has 1 aromatic heterocycles. The van der Waals surface area contributed by atoms with Crippen LogP contribution >= 0.6 is 0 Å². The fraction of sp³-hybridized carbons (Fsp3) is 0.830. The summed E-state index contributed by atoms with van der Waals surface area (Å²) in [5.74, 6) is -0.902. The zero-order chi connectivity index (χ0) is 48.7. The van der Waals surface area contributed by atoms with E-state index in [2.05, 4.69) is 20.9 Å². The molecule has 362 valence electrons. The van der Waals surface area contributed by atoms with E-state index < -0.39 is 44.4 Å². The van der Waals surface area contributed by atoms with Gasteiger partial charge in [0.15, 0.2) is 0 Å². The normalized spacial score (nSPS) is 14.8. The van der Waals surface area contributed by atoms with Crippen molar-refractivity contribution < 1.29 is 52.5 Å². The number of ether oxygens (including phenoxy) is 5. The van der Waals surface area contributed by atoms with Gasteiger partial charge in [-0.2, -0.15) is 0 Å². The predicted octanol–water partition coefficient (Wildman–Crippen LogP) is 5.90. The van der Waals surface area contributed by atoms with Gasteiger partial charge in [0.05, 0.1) is 73.9 Å². The Balaban J connectivity index is 3.25. The number of nitrogens with one attached hydrogen (secondary N) is 2. The van der Waals surface area contributed by atoms with Crippen molar-refractivity contribution in [3.05, 3.63) is 11.9 Å². The van der Waals surface area contributed by atoms with E-state index in [0.717, 1.165) is 0 Å². The minimum atomic E-state index is -1.35. The Bertz CT molecular complexity index is 1660. The van der Waals surface area contributed by atoms with Gasteiger partial charge in [0.25, 0.3) is 5.91 Å². The monoisotopic (exact) mass is 894 g/mol. The van der Waals surface area contributed by atoms with Crippen LogP contribution in [-0.4, -0.2) is 127 Å². The summed E-state index contributed by atoms with van der Waals surface area (Å²) in [6, 6.07) is 0. The second kappa shape index (κ2) is 24.2. The fourth-order valence-electron chi connectivity index (χ4n) is 6.96. The third-order valence-corrected chi connectivity index (χ3v) is 13.2. The molecule has 0 radical (unpaired) electrons. The molecule has 2 unspecified atom stereocenters. The van der Waals surface area contributed by atoms with Crippen LogP contribution in [0.1, 0.15) is 155 Å². The molecule has 0 fully saturated rings. The number of carbonyl (C=O) groups is 6. The van der Waals surface area contributed by atoms with Crippen LogP contribution in [0.2, 0.25) is 0 Å². The summed E-state index contributed by atoms with van der Waals surface area (Å²) in [6.07, 6.45) is 3.81. The number of nitrogens with zero attached hydrogens (tertiary/aromatic N) is 3. The van der Waals surface area contributed by atoms with Gasteiger partial charge in [-0.1, -0.05) is 67.5 Å². The topological polar surface area (TPSA) is 203 Å². The Hall–Kier alpha value is -3.44. The molecular weight excluding hydrogens is 811 g/mol. The first kappa shape index (κ1) is 57.6. The van der Waals surface area contributed by atoms with E-state index in [1.807, 2.05) is 82.4 Å². The van der Waals surface area contributed by atoms with Crippen molar-refractivity contribution >= 4 is 34.9 Å². The summed E-state index contributed by atoms with van der Waals surface area (Å²) in [5.41, 5.74) is -6.11. The second-order valence-corrected chi connectivity index (χ2v) is 20.0. The Morgan fingerprint density at radius 1 is 0.730 bits per heavy atom. The van der Waals surface area contributed by atoms with E-state index in [1.165, 1.54) is 13.8 Å². The van der Waals surface area contributed by atoms with Crippen molar-refractivity contribution in [2.45, 2.75) is 177 Å². The highest BCUT2D eigenvalue weighted by Crippen LogP contribution is 2.44. The van der Waals surface area contributed by atoms with Crippen LogP contribution in [0.3, 0.4) is 0 Å². The molecular formula is C47H83N5O11. The molecule has 63 heavy (non-hydrogen) atoms. The largest absolute Gasteiger partial charge is 0.378 e. The molecule has 0 aromatic carbocycles. The predicted molar refractivity (Wildman–Crippen MR) is 241 cm³/mol. The SMILES string of the molecule is CCC(=O)CCOCC(COCCC(C)=O)(COCCC(C)=O)NC(=O)C(C)(C)OCCC(C)(C)n1cc(C(C)(CC)C(C)(C)C(=O)NCC(C)(OC)C(C)(C)C(=O)C(C)C)nn1. The summed E-state index contributed by atoms with van der Waals surface area (Å²) in [6.45, 7) is 29.5. The Labute approximate surface area is 377 Å². The highest BCUT2D eigenvalue weighted by molar-refractivity contribution is 5.88. The molecule has 0 bridgehead atoms. The maximum atomic E-state index is 14.1. The number of rotatable bonds is 33. The molecule has 0 saturated carbocycles. The fourth-order valence-corrected chi connectivity index (χ4v) is 6.96. The number of Topliss-reactive ketones (excluding diaryl/α,β-unsaturated/α-hetero) is 4. The summed E-state index contributed by atoms with van der Waals surface area (Å²) < 4.78 is 31.6. The summed E-state index contributed by atoms with van der Waals surface area (Å²) in [7, 11) is 1.56. The maximum absolute atomic E-state index is 14.1. The van der Waals surface area contributed by atoms with Gasteiger partial charge in [0.2, 0.25) is 5.91 Å². The molecule has 2 atom stereocenters. The minimum absolute atomic E-state index is 0.0359. The summed E-state index contributed by atoms with van der Waals surface area (Å²) >= 11 is 0. The standard InChI is InChI=1S/C47H83N5O11/c1-18-36(55)22-26-62-32-47(30-60-24-20-34(5)53,31-61-25-21-35(6)54)49-40(58)44(13,14)63-27-23-41(7,8)52-28-37(50-51-52)45(15,19-2)43(11,12)39(57)48-29-46(16,59-17)42(9,10)38(56)33(3)4/h28,33H,18-27,29-32H2,1-17H3,(H,48,57)(H,49,58). The van der Waals surface area contributed by atoms with E-state index in [1.54, 1.807) is 32.6 Å². The lowest BCUT2D eigenvalue weighted by Crippen LogP contribution is -2.62. The Morgan fingerprint density at radius 3 is 1.68 bits per heavy atom. The molecule has 0 saturated heterocycles. The van der Waals surface area contributed by atoms with Crippen LogP contribution in [0.4, 0.5) is 0 Å². The van der Waals surface area contributed by atoms with Crippen LogP contribution in [-0.2, 0) is 63.4 Å². The number of carbonyl (C=O) groups excluding carboxylic acids is 6. The van der Waals surface area contributed by atoms with Gasteiger partial charge in [0.1, 0.15) is 34.3 Å². The number of ketones is 4. The van der Waals surface area contributed by atoms with E-state index in [4.69, 9.17) is 23.7 Å². The van der Waals surface area contributed by atoms with E-state index >= 15 is 0 Å². The third-order valence-electron chi connectivity index (χ3n) is 13.2. The third kappa shape index (κ3) is 15.9. The van der Waals surface area contributed by atoms with Crippen molar-refractivity contribution in [3.8, 4) is 0 Å². The van der Waals surface area contributed by atoms with Crippen LogP contribution in [0.25, 0.3) is 0 Å². The van der Waals surface area contributed by atoms with Gasteiger partial charge in [-0.25, -0.2) is 4.68 Å². The van der Waals surface area contributed by atoms with Crippen molar-refractivity contribution in [2.24, 2.45) is 16.7 Å². The average molecular weight is 894 g/mol. The number of hydrogen-bond acceptors (Lipinski definition) is 13. The highest BCUT2D eigenvalue weighted by Gasteiger charge is 2.51. The lowest BCUT2D eigenvalue weighted by Gasteiger charge is -2.45. The molecule has 1 heterocycles. The van der Waals surface area contributed by atoms with Crippen LogP contribution in [0, 0.1) is 16.7 Å². The summed E-state index contributed by atoms with van der Waals surface area (Å²) in [5, 5.41) is 15.3. The minimum Gasteiger partial charge on any atom is -0.378 e. The molecule has 1 rings (SSSR count). The zero-order valence-electron chi connectivity index (χ0n) is 41.9. The van der Waals surface area contributed by atoms with Crippen molar-refractivity contribution in [1.29, 1.82) is 0 Å². The molecule has 0 aliphatic heterocycles. The molecule has 2 N–H and O–H groups in total. The van der Waals surface area contributed by atoms with Crippen LogP contribution in [0.15, 0.2) is 6.20 Å². The van der Waals surface area contributed by atoms with Gasteiger partial charge in [-0.15, -0.1) is 5.10 Å². The van der Waals surface area contributed by atoms with Crippen LogP contribution < -0.4 is 10.6 Å². The van der Waals surface area contributed by atoms with Crippen molar-refractivity contribution in [2.75, 3.05) is 59.9 Å². The molecule has 1 aromatic rings. The lowest BCUT2D eigenvalue weighted by molar-refractivity contribution is -0.152. The van der Waals surface area contributed by atoms with Crippen LogP contribution in [0.5, 0.6) is 0 Å². The molecule has 0 aliphatic rings. The van der Waals surface area contributed by atoms with Gasteiger partial charge in [-0.3, -0.25) is 28.8 Å². The van der Waals surface area contributed by atoms with E-state index in [0.29, 0.717) is 25.0 Å². The first-order valence-corrected chi connectivity index (χ1v) is 22.5.